The first-order chi connectivity index (χ1) is 6.74. The van der Waals surface area contributed by atoms with Crippen LogP contribution in [0.25, 0.3) is 0 Å². The molecule has 76 valence electrons. The fourth-order valence-electron chi connectivity index (χ4n) is 1.41. The predicted molar refractivity (Wildman–Crippen MR) is 54.0 cm³/mol. The Labute approximate surface area is 83.3 Å². The van der Waals surface area contributed by atoms with Gasteiger partial charge in [0, 0.05) is 5.56 Å². The summed E-state index contributed by atoms with van der Waals surface area (Å²) in [4.78, 5) is 10.6. The molecule has 0 saturated carbocycles. The molecule has 14 heavy (non-hydrogen) atoms. The lowest BCUT2D eigenvalue weighted by Gasteiger charge is -2.10. The van der Waals surface area contributed by atoms with Crippen molar-refractivity contribution in [2.24, 2.45) is 0 Å². The molecule has 0 amide bonds. The zero-order chi connectivity index (χ0) is 10.6. The Morgan fingerprint density at radius 2 is 2.21 bits per heavy atom. The molecule has 0 heterocycles. The zero-order valence-electron chi connectivity index (χ0n) is 8.41. The summed E-state index contributed by atoms with van der Waals surface area (Å²) in [5.41, 5.74) is 1.02. The van der Waals surface area contributed by atoms with Gasteiger partial charge in [0.15, 0.2) is 6.29 Å². The van der Waals surface area contributed by atoms with E-state index in [4.69, 9.17) is 4.74 Å². The number of hydrogen-bond acceptors (Lipinski definition) is 3. The van der Waals surface area contributed by atoms with E-state index in [9.17, 15) is 9.90 Å². The molecular weight excluding hydrogens is 180 g/mol. The van der Waals surface area contributed by atoms with Crippen LogP contribution in [0.2, 0.25) is 0 Å². The van der Waals surface area contributed by atoms with E-state index in [1.165, 1.54) is 0 Å². The number of ether oxygens (including phenoxy) is 1. The molecule has 0 bridgehead atoms. The number of phenols is 1. The van der Waals surface area contributed by atoms with E-state index in [0.29, 0.717) is 29.6 Å². The van der Waals surface area contributed by atoms with Gasteiger partial charge < -0.3 is 9.84 Å². The number of aldehydes is 1. The Morgan fingerprint density at radius 1 is 1.50 bits per heavy atom. The van der Waals surface area contributed by atoms with Gasteiger partial charge in [-0.1, -0.05) is 13.3 Å². The first-order valence-electron chi connectivity index (χ1n) is 4.58. The highest BCUT2D eigenvalue weighted by molar-refractivity contribution is 5.80. The van der Waals surface area contributed by atoms with Gasteiger partial charge in [0.05, 0.1) is 12.7 Å². The quantitative estimate of drug-likeness (QED) is 0.747. The maximum absolute atomic E-state index is 10.6. The molecule has 0 spiro atoms. The maximum atomic E-state index is 10.6. The van der Waals surface area contributed by atoms with Gasteiger partial charge in [0.25, 0.3) is 0 Å². The largest absolute Gasteiger partial charge is 0.507 e. The highest BCUT2D eigenvalue weighted by Crippen LogP contribution is 2.31. The van der Waals surface area contributed by atoms with Crippen molar-refractivity contribution in [3.8, 4) is 11.5 Å². The number of methoxy groups -OCH3 is 1. The highest BCUT2D eigenvalue weighted by atomic mass is 16.5. The summed E-state index contributed by atoms with van der Waals surface area (Å²) >= 11 is 0. The van der Waals surface area contributed by atoms with Crippen molar-refractivity contribution in [3.05, 3.63) is 23.3 Å². The van der Waals surface area contributed by atoms with Crippen LogP contribution in [0.1, 0.15) is 29.3 Å². The summed E-state index contributed by atoms with van der Waals surface area (Å²) in [5, 5.41) is 9.72. The molecule has 0 aromatic heterocycles. The van der Waals surface area contributed by atoms with Gasteiger partial charge in [-0.2, -0.15) is 0 Å². The van der Waals surface area contributed by atoms with Crippen LogP contribution in [0.15, 0.2) is 12.1 Å². The number of benzene rings is 1. The summed E-state index contributed by atoms with van der Waals surface area (Å²) in [5.74, 6) is 0.677. The molecule has 1 aromatic carbocycles. The fraction of sp³-hybridized carbons (Fsp3) is 0.364. The Morgan fingerprint density at radius 3 is 2.71 bits per heavy atom. The van der Waals surface area contributed by atoms with E-state index in [0.717, 1.165) is 6.42 Å². The lowest BCUT2D eigenvalue weighted by atomic mass is 10.0. The molecule has 1 N–H and O–H groups in total. The molecular formula is C11H14O3. The second-order valence-electron chi connectivity index (χ2n) is 3.05. The summed E-state index contributed by atoms with van der Waals surface area (Å²) in [7, 11) is 1.55. The average molecular weight is 194 g/mol. The molecule has 0 aliphatic carbocycles. The van der Waals surface area contributed by atoms with E-state index in [-0.39, 0.29) is 5.75 Å². The Balaban J connectivity index is 3.23. The van der Waals surface area contributed by atoms with Crippen molar-refractivity contribution in [1.29, 1.82) is 0 Å². The molecule has 0 aliphatic heterocycles. The third-order valence-electron chi connectivity index (χ3n) is 2.12. The lowest BCUT2D eigenvalue weighted by Crippen LogP contribution is -1.95. The number of carbonyl (C=O) groups excluding carboxylic acids is 1. The van der Waals surface area contributed by atoms with Crippen molar-refractivity contribution < 1.29 is 14.6 Å². The molecule has 1 aromatic rings. The number of rotatable bonds is 4. The molecule has 0 saturated heterocycles. The first-order valence-corrected chi connectivity index (χ1v) is 4.58. The topological polar surface area (TPSA) is 46.5 Å². The lowest BCUT2D eigenvalue weighted by molar-refractivity contribution is 0.112. The smallest absolute Gasteiger partial charge is 0.153 e. The van der Waals surface area contributed by atoms with Gasteiger partial charge in [-0.05, 0) is 18.6 Å². The van der Waals surface area contributed by atoms with Crippen LogP contribution in [-0.4, -0.2) is 18.5 Å². The molecule has 0 radical (unpaired) electrons. The fourth-order valence-corrected chi connectivity index (χ4v) is 1.41. The van der Waals surface area contributed by atoms with E-state index in [1.54, 1.807) is 19.2 Å². The zero-order valence-corrected chi connectivity index (χ0v) is 8.41. The van der Waals surface area contributed by atoms with Crippen LogP contribution >= 0.6 is 0 Å². The number of phenolic OH excluding ortho intramolecular Hbond substituents is 1. The summed E-state index contributed by atoms with van der Waals surface area (Å²) in [6.07, 6.45) is 2.25. The predicted octanol–water partition coefficient (Wildman–Crippen LogP) is 2.17. The van der Waals surface area contributed by atoms with Crippen LogP contribution in [-0.2, 0) is 6.42 Å². The van der Waals surface area contributed by atoms with Gasteiger partial charge in [-0.3, -0.25) is 4.79 Å². The van der Waals surface area contributed by atoms with Gasteiger partial charge in [0.1, 0.15) is 11.5 Å². The minimum absolute atomic E-state index is 0.0428. The van der Waals surface area contributed by atoms with E-state index in [2.05, 4.69) is 0 Å². The van der Waals surface area contributed by atoms with Crippen molar-refractivity contribution in [2.75, 3.05) is 7.11 Å². The molecule has 1 rings (SSSR count). The number of aromatic hydroxyl groups is 1. The Kier molecular flexibility index (Phi) is 3.51. The van der Waals surface area contributed by atoms with Crippen LogP contribution in [0.4, 0.5) is 0 Å². The molecule has 3 heteroatoms. The average Bonchev–Trinajstić information content (AvgIpc) is 2.21. The van der Waals surface area contributed by atoms with Gasteiger partial charge in [-0.25, -0.2) is 0 Å². The molecule has 0 atom stereocenters. The monoisotopic (exact) mass is 194 g/mol. The van der Waals surface area contributed by atoms with Gasteiger partial charge in [0.2, 0.25) is 0 Å². The second kappa shape index (κ2) is 4.65. The van der Waals surface area contributed by atoms with Gasteiger partial charge >= 0.3 is 0 Å². The van der Waals surface area contributed by atoms with Crippen molar-refractivity contribution in [3.63, 3.8) is 0 Å². The molecule has 0 aliphatic rings. The second-order valence-corrected chi connectivity index (χ2v) is 3.05. The minimum Gasteiger partial charge on any atom is -0.507 e. The van der Waals surface area contributed by atoms with Gasteiger partial charge in [-0.15, -0.1) is 0 Å². The summed E-state index contributed by atoms with van der Waals surface area (Å²) in [6, 6.07) is 3.26. The van der Waals surface area contributed by atoms with Crippen LogP contribution < -0.4 is 4.74 Å². The van der Waals surface area contributed by atoms with Crippen molar-refractivity contribution in [2.45, 2.75) is 19.8 Å². The highest BCUT2D eigenvalue weighted by Gasteiger charge is 2.11. The number of carbonyl (C=O) groups is 1. The molecule has 0 unspecified atom stereocenters. The van der Waals surface area contributed by atoms with Crippen LogP contribution in [0, 0.1) is 0 Å². The minimum atomic E-state index is 0.0428. The standard InChI is InChI=1S/C11H14O3/c1-3-4-9-10(14-2)6-5-8(7-12)11(9)13/h5-7,13H,3-4H2,1-2H3. The maximum Gasteiger partial charge on any atom is 0.153 e. The third kappa shape index (κ3) is 1.87. The molecule has 3 nitrogen and oxygen atoms in total. The SMILES string of the molecule is CCCc1c(OC)ccc(C=O)c1O. The van der Waals surface area contributed by atoms with E-state index in [1.807, 2.05) is 6.92 Å². The third-order valence-corrected chi connectivity index (χ3v) is 2.12. The van der Waals surface area contributed by atoms with Crippen LogP contribution in [0.3, 0.4) is 0 Å². The summed E-state index contributed by atoms with van der Waals surface area (Å²) < 4.78 is 5.10. The van der Waals surface area contributed by atoms with Crippen molar-refractivity contribution in [1.82, 2.24) is 0 Å². The Bertz CT molecular complexity index is 332. The van der Waals surface area contributed by atoms with Crippen molar-refractivity contribution >= 4 is 6.29 Å². The first kappa shape index (κ1) is 10.6. The van der Waals surface area contributed by atoms with Crippen LogP contribution in [0.5, 0.6) is 11.5 Å². The normalized spacial score (nSPS) is 9.86. The van der Waals surface area contributed by atoms with E-state index < -0.39 is 0 Å². The van der Waals surface area contributed by atoms with E-state index >= 15 is 0 Å². The molecule has 0 fully saturated rings. The Hall–Kier alpha value is -1.51. The number of hydrogen-bond donors (Lipinski definition) is 1. The summed E-state index contributed by atoms with van der Waals surface area (Å²) in [6.45, 7) is 2.01.